The highest BCUT2D eigenvalue weighted by Gasteiger charge is 2.21. The van der Waals surface area contributed by atoms with Gasteiger partial charge in [-0.05, 0) is 62.1 Å². The first kappa shape index (κ1) is 17.8. The quantitative estimate of drug-likeness (QED) is 0.621. The third-order valence-corrected chi connectivity index (χ3v) is 4.14. The van der Waals surface area contributed by atoms with Crippen LogP contribution in [0.2, 0.25) is 0 Å². The smallest absolute Gasteiger partial charge is 0.344 e. The molecule has 2 aromatic carbocycles. The third kappa shape index (κ3) is 3.35. The Bertz CT molecular complexity index is 806. The largest absolute Gasteiger partial charge is 0.454 e. The molecule has 2 rings (SSSR count). The molecule has 0 amide bonds. The van der Waals surface area contributed by atoms with Crippen LogP contribution in [0.4, 0.5) is 8.78 Å². The van der Waals surface area contributed by atoms with Gasteiger partial charge in [-0.2, -0.15) is 0 Å². The molecule has 0 aliphatic rings. The number of Topliss-reactive ketones (excluding diaryl/α,β-unsaturated/α-hetero) is 1. The molecule has 3 nitrogen and oxygen atoms in total. The number of carbonyl (C=O) groups is 2. The topological polar surface area (TPSA) is 43.4 Å². The normalized spacial score (nSPS) is 10.6. The lowest BCUT2D eigenvalue weighted by atomic mass is 9.92. The van der Waals surface area contributed by atoms with Crippen molar-refractivity contribution >= 4 is 11.8 Å². The molecule has 0 aromatic heterocycles. The Labute approximate surface area is 139 Å². The highest BCUT2D eigenvalue weighted by Crippen LogP contribution is 2.22. The average Bonchev–Trinajstić information content (AvgIpc) is 2.50. The standard InChI is InChI=1S/C19H18F2O3/c1-10-8-11(2)17(13(4)12(10)3)16(22)9-24-19(23)18-14(20)6-5-7-15(18)21/h5-8H,9H2,1-4H3. The number of esters is 1. The lowest BCUT2D eigenvalue weighted by molar-refractivity contribution is 0.0464. The van der Waals surface area contributed by atoms with Gasteiger partial charge in [0.2, 0.25) is 5.78 Å². The van der Waals surface area contributed by atoms with Gasteiger partial charge in [0.1, 0.15) is 17.2 Å². The van der Waals surface area contributed by atoms with Gasteiger partial charge in [-0.1, -0.05) is 12.1 Å². The van der Waals surface area contributed by atoms with Crippen molar-refractivity contribution in [3.63, 3.8) is 0 Å². The van der Waals surface area contributed by atoms with Crippen LogP contribution in [0.5, 0.6) is 0 Å². The molecule has 0 aliphatic carbocycles. The van der Waals surface area contributed by atoms with Crippen LogP contribution in [-0.2, 0) is 4.74 Å². The van der Waals surface area contributed by atoms with Crippen molar-refractivity contribution in [2.45, 2.75) is 27.7 Å². The van der Waals surface area contributed by atoms with E-state index < -0.39 is 35.6 Å². The molecule has 2 aromatic rings. The van der Waals surface area contributed by atoms with Crippen molar-refractivity contribution in [1.82, 2.24) is 0 Å². The Hall–Kier alpha value is -2.56. The van der Waals surface area contributed by atoms with E-state index in [9.17, 15) is 18.4 Å². The highest BCUT2D eigenvalue weighted by molar-refractivity contribution is 6.01. The summed E-state index contributed by atoms with van der Waals surface area (Å²) in [5.41, 5.74) is 3.31. The van der Waals surface area contributed by atoms with Crippen LogP contribution in [0, 0.1) is 39.3 Å². The molecule has 24 heavy (non-hydrogen) atoms. The predicted octanol–water partition coefficient (Wildman–Crippen LogP) is 4.24. The maximum Gasteiger partial charge on any atom is 0.344 e. The fourth-order valence-electron chi connectivity index (χ4n) is 2.68. The van der Waals surface area contributed by atoms with Gasteiger partial charge >= 0.3 is 5.97 Å². The van der Waals surface area contributed by atoms with E-state index in [1.54, 1.807) is 6.92 Å². The molecule has 0 atom stereocenters. The summed E-state index contributed by atoms with van der Waals surface area (Å²) < 4.78 is 31.9. The van der Waals surface area contributed by atoms with Gasteiger partial charge < -0.3 is 4.74 Å². The second-order valence-corrected chi connectivity index (χ2v) is 5.73. The van der Waals surface area contributed by atoms with Crippen molar-refractivity contribution in [3.8, 4) is 0 Å². The molecule has 0 fully saturated rings. The van der Waals surface area contributed by atoms with Gasteiger partial charge in [0.05, 0.1) is 0 Å². The summed E-state index contributed by atoms with van der Waals surface area (Å²) >= 11 is 0. The van der Waals surface area contributed by atoms with Crippen LogP contribution in [0.3, 0.4) is 0 Å². The number of hydrogen-bond donors (Lipinski definition) is 0. The van der Waals surface area contributed by atoms with Crippen LogP contribution in [0.1, 0.15) is 43.0 Å². The molecule has 0 aliphatic heterocycles. The minimum absolute atomic E-state index is 0.404. The van der Waals surface area contributed by atoms with E-state index in [1.807, 2.05) is 26.8 Å². The summed E-state index contributed by atoms with van der Waals surface area (Å²) in [5.74, 6) is -3.65. The Balaban J connectivity index is 2.20. The van der Waals surface area contributed by atoms with Crippen LogP contribution >= 0.6 is 0 Å². The lowest BCUT2D eigenvalue weighted by Gasteiger charge is -2.14. The van der Waals surface area contributed by atoms with E-state index in [4.69, 9.17) is 4.74 Å². The van der Waals surface area contributed by atoms with Gasteiger partial charge in [0.15, 0.2) is 6.61 Å². The second kappa shape index (κ2) is 6.91. The number of halogens is 2. The zero-order chi connectivity index (χ0) is 18.0. The molecule has 0 bridgehead atoms. The Morgan fingerprint density at radius 1 is 0.917 bits per heavy atom. The van der Waals surface area contributed by atoms with Crippen molar-refractivity contribution in [2.24, 2.45) is 0 Å². The van der Waals surface area contributed by atoms with Gasteiger partial charge in [-0.25, -0.2) is 13.6 Å². The number of hydrogen-bond acceptors (Lipinski definition) is 3. The number of aryl methyl sites for hydroxylation is 2. The average molecular weight is 332 g/mol. The summed E-state index contributed by atoms with van der Waals surface area (Å²) in [6.45, 7) is 6.90. The van der Waals surface area contributed by atoms with Crippen LogP contribution in [0.25, 0.3) is 0 Å². The van der Waals surface area contributed by atoms with Gasteiger partial charge in [-0.3, -0.25) is 4.79 Å². The third-order valence-electron chi connectivity index (χ3n) is 4.14. The number of benzene rings is 2. The number of carbonyl (C=O) groups excluding carboxylic acids is 2. The molecule has 0 saturated carbocycles. The lowest BCUT2D eigenvalue weighted by Crippen LogP contribution is -2.18. The van der Waals surface area contributed by atoms with E-state index >= 15 is 0 Å². The first-order chi connectivity index (χ1) is 11.2. The van der Waals surface area contributed by atoms with Gasteiger partial charge in [0, 0.05) is 5.56 Å². The monoisotopic (exact) mass is 332 g/mol. The molecule has 0 N–H and O–H groups in total. The summed E-state index contributed by atoms with van der Waals surface area (Å²) in [7, 11) is 0. The number of ketones is 1. The first-order valence-electron chi connectivity index (χ1n) is 7.45. The van der Waals surface area contributed by atoms with Crippen LogP contribution < -0.4 is 0 Å². The van der Waals surface area contributed by atoms with E-state index in [1.165, 1.54) is 0 Å². The molecule has 0 saturated heterocycles. The highest BCUT2D eigenvalue weighted by atomic mass is 19.1. The van der Waals surface area contributed by atoms with Crippen molar-refractivity contribution in [3.05, 3.63) is 69.3 Å². The van der Waals surface area contributed by atoms with Gasteiger partial charge in [0.25, 0.3) is 0 Å². The summed E-state index contributed by atoms with van der Waals surface area (Å²) in [6, 6.07) is 4.95. The zero-order valence-electron chi connectivity index (χ0n) is 14.0. The summed E-state index contributed by atoms with van der Waals surface area (Å²) in [5, 5.41) is 0. The molecule has 0 unspecified atom stereocenters. The minimum Gasteiger partial charge on any atom is -0.454 e. The van der Waals surface area contributed by atoms with Crippen LogP contribution in [-0.4, -0.2) is 18.4 Å². The van der Waals surface area contributed by atoms with E-state index in [-0.39, 0.29) is 0 Å². The molecule has 0 heterocycles. The molecule has 0 spiro atoms. The summed E-state index contributed by atoms with van der Waals surface area (Å²) in [4.78, 5) is 24.2. The molecule has 0 radical (unpaired) electrons. The zero-order valence-corrected chi connectivity index (χ0v) is 14.0. The Morgan fingerprint density at radius 2 is 1.50 bits per heavy atom. The predicted molar refractivity (Wildman–Crippen MR) is 86.4 cm³/mol. The maximum atomic E-state index is 13.5. The summed E-state index contributed by atoms with van der Waals surface area (Å²) in [6.07, 6.45) is 0. The number of ether oxygens (including phenoxy) is 1. The van der Waals surface area contributed by atoms with Crippen molar-refractivity contribution in [1.29, 1.82) is 0 Å². The van der Waals surface area contributed by atoms with Gasteiger partial charge in [-0.15, -0.1) is 0 Å². The molecular formula is C19H18F2O3. The van der Waals surface area contributed by atoms with Crippen molar-refractivity contribution < 1.29 is 23.1 Å². The minimum atomic E-state index is -1.20. The Morgan fingerprint density at radius 3 is 2.08 bits per heavy atom. The maximum absolute atomic E-state index is 13.5. The van der Waals surface area contributed by atoms with E-state index in [2.05, 4.69) is 0 Å². The fraction of sp³-hybridized carbons (Fsp3) is 0.263. The fourth-order valence-corrected chi connectivity index (χ4v) is 2.68. The van der Waals surface area contributed by atoms with E-state index in [0.29, 0.717) is 5.56 Å². The molecule has 126 valence electrons. The second-order valence-electron chi connectivity index (χ2n) is 5.73. The Kier molecular flexibility index (Phi) is 5.12. The molecule has 5 heteroatoms. The van der Waals surface area contributed by atoms with E-state index in [0.717, 1.165) is 40.5 Å². The SMILES string of the molecule is Cc1cc(C)c(C(=O)COC(=O)c2c(F)cccc2F)c(C)c1C. The number of rotatable bonds is 4. The first-order valence-corrected chi connectivity index (χ1v) is 7.45. The van der Waals surface area contributed by atoms with Crippen LogP contribution in [0.15, 0.2) is 24.3 Å². The van der Waals surface area contributed by atoms with Crippen molar-refractivity contribution in [2.75, 3.05) is 6.61 Å². The molecular weight excluding hydrogens is 314 g/mol.